The molecule has 1 atom stereocenters. The highest BCUT2D eigenvalue weighted by Gasteiger charge is 2.22. The van der Waals surface area contributed by atoms with Crippen LogP contribution in [0.5, 0.6) is 0 Å². The average molecular weight is 247 g/mol. The van der Waals surface area contributed by atoms with Crippen LogP contribution >= 0.6 is 0 Å². The molecule has 0 saturated carbocycles. The molecule has 1 fully saturated rings. The van der Waals surface area contributed by atoms with E-state index in [0.29, 0.717) is 5.92 Å². The van der Waals surface area contributed by atoms with Crippen LogP contribution in [0, 0.1) is 5.92 Å². The first-order chi connectivity index (χ1) is 8.70. The van der Waals surface area contributed by atoms with Crippen LogP contribution in [0.4, 0.5) is 5.82 Å². The lowest BCUT2D eigenvalue weighted by Gasteiger charge is -2.31. The summed E-state index contributed by atoms with van der Waals surface area (Å²) < 4.78 is 0. The summed E-state index contributed by atoms with van der Waals surface area (Å²) >= 11 is 0. The van der Waals surface area contributed by atoms with Crippen molar-refractivity contribution in [1.29, 1.82) is 0 Å². The quantitative estimate of drug-likeness (QED) is 0.892. The molecule has 4 heteroatoms. The normalized spacial score (nSPS) is 19.7. The standard InChI is InChI=1S/C14H21N3O/c1-3-15-13-9-12(6-7-16-13)14(18)17-8-4-5-11(2)10-17/h6-7,9,11H,3-5,8,10H2,1-2H3,(H,15,16). The van der Waals surface area contributed by atoms with Crippen molar-refractivity contribution in [3.05, 3.63) is 23.9 Å². The first-order valence-electron chi connectivity index (χ1n) is 6.70. The molecular weight excluding hydrogens is 226 g/mol. The van der Waals surface area contributed by atoms with Gasteiger partial charge in [-0.1, -0.05) is 6.92 Å². The minimum atomic E-state index is 0.128. The highest BCUT2D eigenvalue weighted by Crippen LogP contribution is 2.18. The summed E-state index contributed by atoms with van der Waals surface area (Å²) in [7, 11) is 0. The molecule has 1 amide bonds. The van der Waals surface area contributed by atoms with Gasteiger partial charge in [0, 0.05) is 31.4 Å². The number of aromatic nitrogens is 1. The highest BCUT2D eigenvalue weighted by atomic mass is 16.2. The lowest BCUT2D eigenvalue weighted by atomic mass is 9.99. The number of amides is 1. The van der Waals surface area contributed by atoms with Crippen LogP contribution in [0.15, 0.2) is 18.3 Å². The Balaban J connectivity index is 2.10. The van der Waals surface area contributed by atoms with Gasteiger partial charge in [-0.3, -0.25) is 4.79 Å². The summed E-state index contributed by atoms with van der Waals surface area (Å²) in [5.41, 5.74) is 0.732. The van der Waals surface area contributed by atoms with Crippen molar-refractivity contribution in [1.82, 2.24) is 9.88 Å². The van der Waals surface area contributed by atoms with E-state index >= 15 is 0 Å². The van der Waals surface area contributed by atoms with Gasteiger partial charge >= 0.3 is 0 Å². The maximum Gasteiger partial charge on any atom is 0.254 e. The zero-order valence-electron chi connectivity index (χ0n) is 11.1. The molecule has 2 heterocycles. The van der Waals surface area contributed by atoms with Crippen molar-refractivity contribution in [2.75, 3.05) is 25.0 Å². The maximum absolute atomic E-state index is 12.4. The Morgan fingerprint density at radius 2 is 2.44 bits per heavy atom. The monoisotopic (exact) mass is 247 g/mol. The predicted octanol–water partition coefficient (Wildman–Crippen LogP) is 2.39. The second-order valence-electron chi connectivity index (χ2n) is 4.96. The Kier molecular flexibility index (Phi) is 4.18. The SMILES string of the molecule is CCNc1cc(C(=O)N2CCCC(C)C2)ccn1. The van der Waals surface area contributed by atoms with Crippen molar-refractivity contribution in [2.45, 2.75) is 26.7 Å². The zero-order chi connectivity index (χ0) is 13.0. The summed E-state index contributed by atoms with van der Waals surface area (Å²) in [6, 6.07) is 3.63. The number of nitrogens with zero attached hydrogens (tertiary/aromatic N) is 2. The third-order valence-corrected chi connectivity index (χ3v) is 3.31. The fourth-order valence-electron chi connectivity index (χ4n) is 2.40. The summed E-state index contributed by atoms with van der Waals surface area (Å²) in [4.78, 5) is 18.5. The largest absolute Gasteiger partial charge is 0.370 e. The molecule has 1 unspecified atom stereocenters. The average Bonchev–Trinajstić information content (AvgIpc) is 2.39. The summed E-state index contributed by atoms with van der Waals surface area (Å²) in [6.45, 7) is 6.78. The number of piperidine rings is 1. The summed E-state index contributed by atoms with van der Waals surface area (Å²) in [5.74, 6) is 1.51. The van der Waals surface area contributed by atoms with Gasteiger partial charge in [-0.15, -0.1) is 0 Å². The molecule has 0 spiro atoms. The third kappa shape index (κ3) is 3.00. The smallest absolute Gasteiger partial charge is 0.254 e. The molecule has 98 valence electrons. The molecule has 1 aromatic heterocycles. The van der Waals surface area contributed by atoms with Crippen molar-refractivity contribution < 1.29 is 4.79 Å². The second kappa shape index (κ2) is 5.85. The van der Waals surface area contributed by atoms with E-state index in [-0.39, 0.29) is 5.91 Å². The van der Waals surface area contributed by atoms with Gasteiger partial charge in [0.1, 0.15) is 5.82 Å². The maximum atomic E-state index is 12.4. The minimum Gasteiger partial charge on any atom is -0.370 e. The number of carbonyl (C=O) groups excluding carboxylic acids is 1. The predicted molar refractivity (Wildman–Crippen MR) is 72.7 cm³/mol. The first-order valence-corrected chi connectivity index (χ1v) is 6.70. The van der Waals surface area contributed by atoms with E-state index in [1.165, 1.54) is 6.42 Å². The van der Waals surface area contributed by atoms with Crippen molar-refractivity contribution in [3.63, 3.8) is 0 Å². The number of nitrogens with one attached hydrogen (secondary N) is 1. The number of hydrogen-bond donors (Lipinski definition) is 1. The third-order valence-electron chi connectivity index (χ3n) is 3.31. The molecule has 18 heavy (non-hydrogen) atoms. The lowest BCUT2D eigenvalue weighted by molar-refractivity contribution is 0.0683. The molecule has 0 aliphatic carbocycles. The van der Waals surface area contributed by atoms with Crippen molar-refractivity contribution >= 4 is 11.7 Å². The Morgan fingerprint density at radius 1 is 1.61 bits per heavy atom. The van der Waals surface area contributed by atoms with Gasteiger partial charge in [0.15, 0.2) is 0 Å². The van der Waals surface area contributed by atoms with Gasteiger partial charge in [0.05, 0.1) is 0 Å². The van der Waals surface area contributed by atoms with Gasteiger partial charge in [0.25, 0.3) is 5.91 Å². The molecule has 4 nitrogen and oxygen atoms in total. The molecule has 1 aromatic rings. The van der Waals surface area contributed by atoms with E-state index in [4.69, 9.17) is 0 Å². The van der Waals surface area contributed by atoms with E-state index in [1.807, 2.05) is 17.9 Å². The summed E-state index contributed by atoms with van der Waals surface area (Å²) in [5, 5.41) is 3.13. The van der Waals surface area contributed by atoms with Gasteiger partial charge in [-0.25, -0.2) is 4.98 Å². The molecule has 1 N–H and O–H groups in total. The molecule has 1 saturated heterocycles. The second-order valence-corrected chi connectivity index (χ2v) is 4.96. The van der Waals surface area contributed by atoms with Crippen LogP contribution in [-0.4, -0.2) is 35.4 Å². The Hall–Kier alpha value is -1.58. The Bertz CT molecular complexity index is 419. The molecule has 1 aliphatic heterocycles. The van der Waals surface area contributed by atoms with Gasteiger partial charge < -0.3 is 10.2 Å². The zero-order valence-corrected chi connectivity index (χ0v) is 11.1. The minimum absolute atomic E-state index is 0.128. The number of carbonyl (C=O) groups is 1. The Labute approximate surface area is 108 Å². The van der Waals surface area contributed by atoms with Crippen molar-refractivity contribution in [2.24, 2.45) is 5.92 Å². The van der Waals surface area contributed by atoms with E-state index in [1.54, 1.807) is 12.3 Å². The van der Waals surface area contributed by atoms with E-state index in [0.717, 1.165) is 37.4 Å². The Morgan fingerprint density at radius 3 is 3.17 bits per heavy atom. The molecule has 0 aromatic carbocycles. The van der Waals surface area contributed by atoms with Crippen molar-refractivity contribution in [3.8, 4) is 0 Å². The first kappa shape index (κ1) is 12.9. The highest BCUT2D eigenvalue weighted by molar-refractivity contribution is 5.94. The van der Waals surface area contributed by atoms with Gasteiger partial charge in [0.2, 0.25) is 0 Å². The van der Waals surface area contributed by atoms with E-state index in [2.05, 4.69) is 17.2 Å². The van der Waals surface area contributed by atoms with Crippen LogP contribution in [0.25, 0.3) is 0 Å². The van der Waals surface area contributed by atoms with Gasteiger partial charge in [-0.05, 0) is 37.8 Å². The number of anilines is 1. The van der Waals surface area contributed by atoms with E-state index in [9.17, 15) is 4.79 Å². The lowest BCUT2D eigenvalue weighted by Crippen LogP contribution is -2.39. The molecular formula is C14H21N3O. The summed E-state index contributed by atoms with van der Waals surface area (Å²) in [6.07, 6.45) is 4.03. The van der Waals surface area contributed by atoms with Crippen LogP contribution in [0.1, 0.15) is 37.0 Å². The number of rotatable bonds is 3. The molecule has 2 rings (SSSR count). The molecule has 1 aliphatic rings. The van der Waals surface area contributed by atoms with Crippen LogP contribution in [0.3, 0.4) is 0 Å². The number of likely N-dealkylation sites (tertiary alicyclic amines) is 1. The number of pyridine rings is 1. The van der Waals surface area contributed by atoms with Crippen LogP contribution < -0.4 is 5.32 Å². The van der Waals surface area contributed by atoms with E-state index < -0.39 is 0 Å². The van der Waals surface area contributed by atoms with Crippen LogP contribution in [0.2, 0.25) is 0 Å². The van der Waals surface area contributed by atoms with Gasteiger partial charge in [-0.2, -0.15) is 0 Å². The fourth-order valence-corrected chi connectivity index (χ4v) is 2.40. The molecule has 0 bridgehead atoms. The van der Waals surface area contributed by atoms with Crippen LogP contribution in [-0.2, 0) is 0 Å². The fraction of sp³-hybridized carbons (Fsp3) is 0.571. The topological polar surface area (TPSA) is 45.2 Å². The number of hydrogen-bond acceptors (Lipinski definition) is 3. The molecule has 0 radical (unpaired) electrons.